The zero-order valence-corrected chi connectivity index (χ0v) is 16.7. The smallest absolute Gasteiger partial charge is 0.264 e. The maximum Gasteiger partial charge on any atom is 0.264 e. The number of ether oxygens (including phenoxy) is 1. The number of nitrogens with one attached hydrogen (secondary N) is 2. The van der Waals surface area contributed by atoms with E-state index in [1.54, 1.807) is 0 Å². The van der Waals surface area contributed by atoms with Crippen LogP contribution in [0.3, 0.4) is 0 Å². The number of carbonyl (C=O) groups excluding carboxylic acids is 1. The molecule has 0 radical (unpaired) electrons. The zero-order valence-electron chi connectivity index (χ0n) is 16.7. The molecule has 1 amide bonds. The molecule has 146 valence electrons. The average Bonchev–Trinajstić information content (AvgIpc) is 2.94. The fourth-order valence-corrected chi connectivity index (χ4v) is 3.56. The van der Waals surface area contributed by atoms with E-state index in [4.69, 9.17) is 4.74 Å². The van der Waals surface area contributed by atoms with Gasteiger partial charge in [-0.15, -0.1) is 0 Å². The summed E-state index contributed by atoms with van der Waals surface area (Å²) in [4.78, 5) is 13.2. The van der Waals surface area contributed by atoms with E-state index in [1.165, 1.54) is 5.56 Å². The van der Waals surface area contributed by atoms with Crippen LogP contribution in [0.4, 0.5) is 0 Å². The number of piperidine rings is 1. The number of carbonyl (C=O) groups is 1. The second kappa shape index (κ2) is 8.13. The third kappa shape index (κ3) is 4.69. The van der Waals surface area contributed by atoms with Crippen molar-refractivity contribution in [2.45, 2.75) is 58.7 Å². The van der Waals surface area contributed by atoms with Crippen LogP contribution in [-0.4, -0.2) is 40.4 Å². The van der Waals surface area contributed by atoms with E-state index in [0.717, 1.165) is 30.2 Å². The van der Waals surface area contributed by atoms with Crippen LogP contribution in [0.1, 0.15) is 36.7 Å². The molecule has 3 rings (SSSR count). The van der Waals surface area contributed by atoms with Crippen molar-refractivity contribution >= 4 is 5.91 Å². The third-order valence-corrected chi connectivity index (χ3v) is 5.09. The molecule has 0 bridgehead atoms. The molecule has 6 heteroatoms. The molecule has 0 saturated carbocycles. The van der Waals surface area contributed by atoms with E-state index < -0.39 is 5.60 Å². The SMILES string of the molecule is Cc1ccc(OC2(C(=O)NC(C)Cn3nc(C)cc3C)CCNCC2)cc1. The van der Waals surface area contributed by atoms with Crippen molar-refractivity contribution in [3.05, 3.63) is 47.3 Å². The quantitative estimate of drug-likeness (QED) is 0.820. The van der Waals surface area contributed by atoms with Gasteiger partial charge in [-0.2, -0.15) is 5.10 Å². The summed E-state index contributed by atoms with van der Waals surface area (Å²) in [5.41, 5.74) is 2.43. The summed E-state index contributed by atoms with van der Waals surface area (Å²) in [6.45, 7) is 10.2. The minimum absolute atomic E-state index is 0.0381. The molecule has 1 saturated heterocycles. The molecule has 0 aliphatic carbocycles. The number of rotatable bonds is 6. The number of amides is 1. The minimum atomic E-state index is -0.830. The first-order valence-corrected chi connectivity index (χ1v) is 9.66. The Morgan fingerprint density at radius 2 is 1.93 bits per heavy atom. The maximum absolute atomic E-state index is 13.2. The first-order valence-electron chi connectivity index (χ1n) is 9.66. The predicted octanol–water partition coefficient (Wildman–Crippen LogP) is 2.51. The number of hydrogen-bond acceptors (Lipinski definition) is 4. The summed E-state index contributed by atoms with van der Waals surface area (Å²) >= 11 is 0. The Bertz CT molecular complexity index is 776. The van der Waals surface area contributed by atoms with Gasteiger partial charge in [-0.25, -0.2) is 0 Å². The normalized spacial score (nSPS) is 17.3. The molecule has 1 aliphatic heterocycles. The third-order valence-electron chi connectivity index (χ3n) is 5.09. The van der Waals surface area contributed by atoms with Crippen LogP contribution < -0.4 is 15.4 Å². The van der Waals surface area contributed by atoms with Gasteiger partial charge in [-0.3, -0.25) is 9.48 Å². The van der Waals surface area contributed by atoms with Gasteiger partial charge in [0.2, 0.25) is 0 Å². The summed E-state index contributed by atoms with van der Waals surface area (Å²) < 4.78 is 8.20. The van der Waals surface area contributed by atoms with Gasteiger partial charge in [0.1, 0.15) is 5.75 Å². The minimum Gasteiger partial charge on any atom is -0.477 e. The number of nitrogens with zero attached hydrogens (tertiary/aromatic N) is 2. The van der Waals surface area contributed by atoms with Gasteiger partial charge in [-0.05, 0) is 59.0 Å². The Morgan fingerprint density at radius 3 is 2.52 bits per heavy atom. The molecule has 6 nitrogen and oxygen atoms in total. The second-order valence-electron chi connectivity index (χ2n) is 7.64. The van der Waals surface area contributed by atoms with Gasteiger partial charge in [0.15, 0.2) is 5.60 Å². The number of aryl methyl sites for hydroxylation is 3. The van der Waals surface area contributed by atoms with Crippen molar-refractivity contribution in [1.29, 1.82) is 0 Å². The van der Waals surface area contributed by atoms with Gasteiger partial charge in [0.05, 0.1) is 12.2 Å². The molecule has 2 heterocycles. The summed E-state index contributed by atoms with van der Waals surface area (Å²) in [7, 11) is 0. The highest BCUT2D eigenvalue weighted by molar-refractivity contribution is 5.86. The molecular formula is C21H30N4O2. The predicted molar refractivity (Wildman–Crippen MR) is 106 cm³/mol. The molecule has 1 atom stereocenters. The Morgan fingerprint density at radius 1 is 1.26 bits per heavy atom. The van der Waals surface area contributed by atoms with Crippen LogP contribution in [0.5, 0.6) is 5.75 Å². The molecule has 2 aromatic rings. The van der Waals surface area contributed by atoms with Crippen molar-refractivity contribution in [2.75, 3.05) is 13.1 Å². The van der Waals surface area contributed by atoms with Crippen molar-refractivity contribution in [3.8, 4) is 5.75 Å². The van der Waals surface area contributed by atoms with E-state index in [1.807, 2.05) is 62.7 Å². The highest BCUT2D eigenvalue weighted by Gasteiger charge is 2.42. The Kier molecular flexibility index (Phi) is 5.85. The summed E-state index contributed by atoms with van der Waals surface area (Å²) in [6.07, 6.45) is 1.30. The number of hydrogen-bond donors (Lipinski definition) is 2. The van der Waals surface area contributed by atoms with Crippen molar-refractivity contribution in [1.82, 2.24) is 20.4 Å². The van der Waals surface area contributed by atoms with Crippen LogP contribution in [0.25, 0.3) is 0 Å². The summed E-state index contributed by atoms with van der Waals surface area (Å²) in [5.74, 6) is 0.697. The van der Waals surface area contributed by atoms with E-state index >= 15 is 0 Å². The molecule has 1 fully saturated rings. The highest BCUT2D eigenvalue weighted by Crippen LogP contribution is 2.27. The van der Waals surface area contributed by atoms with Crippen molar-refractivity contribution < 1.29 is 9.53 Å². The summed E-state index contributed by atoms with van der Waals surface area (Å²) in [6, 6.07) is 9.89. The van der Waals surface area contributed by atoms with Gasteiger partial charge in [0.25, 0.3) is 5.91 Å². The van der Waals surface area contributed by atoms with E-state index in [-0.39, 0.29) is 11.9 Å². The molecule has 27 heavy (non-hydrogen) atoms. The molecule has 1 aromatic heterocycles. The van der Waals surface area contributed by atoms with Crippen LogP contribution in [0.2, 0.25) is 0 Å². The molecule has 1 aliphatic rings. The maximum atomic E-state index is 13.2. The second-order valence-corrected chi connectivity index (χ2v) is 7.64. The van der Waals surface area contributed by atoms with E-state index in [9.17, 15) is 4.79 Å². The number of benzene rings is 1. The van der Waals surface area contributed by atoms with Crippen LogP contribution in [0, 0.1) is 20.8 Å². The molecule has 1 unspecified atom stereocenters. The average molecular weight is 370 g/mol. The van der Waals surface area contributed by atoms with E-state index in [0.29, 0.717) is 19.4 Å². The van der Waals surface area contributed by atoms with Gasteiger partial charge in [-0.1, -0.05) is 17.7 Å². The first-order chi connectivity index (χ1) is 12.9. The Labute approximate surface area is 161 Å². The zero-order chi connectivity index (χ0) is 19.4. The highest BCUT2D eigenvalue weighted by atomic mass is 16.5. The Hall–Kier alpha value is -2.34. The standard InChI is InChI=1S/C21H30N4O2/c1-15-5-7-19(8-6-15)27-21(9-11-22-12-10-21)20(26)23-17(3)14-25-18(4)13-16(2)24-25/h5-8,13,17,22H,9-12,14H2,1-4H3,(H,23,26). The lowest BCUT2D eigenvalue weighted by molar-refractivity contribution is -0.140. The molecular weight excluding hydrogens is 340 g/mol. The molecule has 2 N–H and O–H groups in total. The lowest BCUT2D eigenvalue weighted by Gasteiger charge is -2.37. The summed E-state index contributed by atoms with van der Waals surface area (Å²) in [5, 5.41) is 11.0. The topological polar surface area (TPSA) is 68.2 Å². The van der Waals surface area contributed by atoms with Gasteiger partial charge < -0.3 is 15.4 Å². The fourth-order valence-electron chi connectivity index (χ4n) is 3.56. The first kappa shape index (κ1) is 19.4. The fraction of sp³-hybridized carbons (Fsp3) is 0.524. The van der Waals surface area contributed by atoms with Gasteiger partial charge >= 0.3 is 0 Å². The molecule has 0 spiro atoms. The van der Waals surface area contributed by atoms with Crippen molar-refractivity contribution in [3.63, 3.8) is 0 Å². The van der Waals surface area contributed by atoms with Crippen LogP contribution >= 0.6 is 0 Å². The van der Waals surface area contributed by atoms with Gasteiger partial charge in [0, 0.05) is 24.6 Å². The molecule has 1 aromatic carbocycles. The van der Waals surface area contributed by atoms with Crippen molar-refractivity contribution in [2.24, 2.45) is 0 Å². The monoisotopic (exact) mass is 370 g/mol. The van der Waals surface area contributed by atoms with Crippen LogP contribution in [0.15, 0.2) is 30.3 Å². The largest absolute Gasteiger partial charge is 0.477 e. The lowest BCUT2D eigenvalue weighted by atomic mass is 9.90. The number of aromatic nitrogens is 2. The Balaban J connectivity index is 1.70. The lowest BCUT2D eigenvalue weighted by Crippen LogP contribution is -2.58. The van der Waals surface area contributed by atoms with Crippen LogP contribution in [-0.2, 0) is 11.3 Å². The van der Waals surface area contributed by atoms with E-state index in [2.05, 4.69) is 15.7 Å².